The van der Waals surface area contributed by atoms with Gasteiger partial charge in [0.25, 0.3) is 0 Å². The number of ether oxygens (including phenoxy) is 1. The molecule has 0 fully saturated rings. The standard InChI is InChI=1S/C25H30N4O3S/c1-5-6-7-24(31)32-19-14-18(16-30)20-10-13-33(23(20)15-19)22-9-8-21-25(17(22)2)26-27-29(21)12-11-28(3)4/h8-10,13-16,33H,5-7,11-12H2,1-4H3. The van der Waals surface area contributed by atoms with Crippen LogP contribution in [0.15, 0.2) is 39.5 Å². The lowest BCUT2D eigenvalue weighted by Crippen LogP contribution is -2.19. The summed E-state index contributed by atoms with van der Waals surface area (Å²) in [6, 6.07) is 7.79. The van der Waals surface area contributed by atoms with E-state index >= 15 is 0 Å². The van der Waals surface area contributed by atoms with Gasteiger partial charge in [-0.2, -0.15) is 10.9 Å². The van der Waals surface area contributed by atoms with Crippen LogP contribution >= 0.6 is 10.9 Å². The first-order valence-electron chi connectivity index (χ1n) is 11.2. The first kappa shape index (κ1) is 23.2. The number of benzene rings is 2. The number of unbranched alkanes of at least 4 members (excludes halogenated alkanes) is 1. The summed E-state index contributed by atoms with van der Waals surface area (Å²) >= 11 is 0. The van der Waals surface area contributed by atoms with Crippen molar-refractivity contribution < 1.29 is 14.3 Å². The first-order chi connectivity index (χ1) is 15.9. The monoisotopic (exact) mass is 466 g/mol. The van der Waals surface area contributed by atoms with Crippen molar-refractivity contribution in [2.24, 2.45) is 0 Å². The van der Waals surface area contributed by atoms with E-state index in [1.807, 2.05) is 37.8 Å². The second kappa shape index (κ2) is 9.89. The van der Waals surface area contributed by atoms with E-state index in [9.17, 15) is 9.59 Å². The largest absolute Gasteiger partial charge is 0.426 e. The third kappa shape index (κ3) is 4.72. The summed E-state index contributed by atoms with van der Waals surface area (Å²) < 4.78 is 7.51. The molecule has 0 spiro atoms. The van der Waals surface area contributed by atoms with Gasteiger partial charge in [-0.25, -0.2) is 4.68 Å². The lowest BCUT2D eigenvalue weighted by Gasteiger charge is -2.20. The highest BCUT2D eigenvalue weighted by molar-refractivity contribution is 8.20. The summed E-state index contributed by atoms with van der Waals surface area (Å²) in [6.07, 6.45) is 4.92. The Labute approximate surface area is 196 Å². The van der Waals surface area contributed by atoms with Crippen molar-refractivity contribution in [3.05, 3.63) is 46.4 Å². The molecule has 0 bridgehead atoms. The lowest BCUT2D eigenvalue weighted by molar-refractivity contribution is -0.134. The number of hydrogen-bond acceptors (Lipinski definition) is 6. The zero-order valence-corrected chi connectivity index (χ0v) is 20.4. The Morgan fingerprint density at radius 2 is 2.06 bits per heavy atom. The molecule has 0 N–H and O–H groups in total. The van der Waals surface area contributed by atoms with Crippen LogP contribution in [0.1, 0.15) is 47.7 Å². The number of carbonyl (C=O) groups excluding carboxylic acids is 2. The van der Waals surface area contributed by atoms with E-state index in [1.54, 1.807) is 6.07 Å². The predicted octanol–water partition coefficient (Wildman–Crippen LogP) is 4.61. The van der Waals surface area contributed by atoms with Gasteiger partial charge in [0.1, 0.15) is 11.3 Å². The Morgan fingerprint density at radius 1 is 1.24 bits per heavy atom. The van der Waals surface area contributed by atoms with Crippen LogP contribution in [0.5, 0.6) is 5.75 Å². The van der Waals surface area contributed by atoms with E-state index in [-0.39, 0.29) is 5.97 Å². The summed E-state index contributed by atoms with van der Waals surface area (Å²) in [6.45, 7) is 5.77. The van der Waals surface area contributed by atoms with E-state index in [4.69, 9.17) is 4.74 Å². The molecule has 8 heteroatoms. The zero-order chi connectivity index (χ0) is 23.5. The minimum absolute atomic E-state index is 0.268. The third-order valence-corrected chi connectivity index (χ3v) is 8.18. The maximum atomic E-state index is 12.2. The third-order valence-electron chi connectivity index (χ3n) is 5.84. The van der Waals surface area contributed by atoms with Crippen LogP contribution < -0.4 is 4.74 Å². The number of aldehydes is 1. The molecule has 0 saturated heterocycles. The number of fused-ring (bicyclic) bond motifs is 2. The summed E-state index contributed by atoms with van der Waals surface area (Å²) in [7, 11) is 3.23. The summed E-state index contributed by atoms with van der Waals surface area (Å²) in [5.41, 5.74) is 4.45. The van der Waals surface area contributed by atoms with Gasteiger partial charge < -0.3 is 9.64 Å². The molecular formula is C25H30N4O3S. The Kier molecular flexibility index (Phi) is 6.95. The molecule has 0 amide bonds. The molecule has 4 rings (SSSR count). The fourth-order valence-corrected chi connectivity index (χ4v) is 6.30. The average molecular weight is 467 g/mol. The molecule has 2 heterocycles. The highest BCUT2D eigenvalue weighted by Crippen LogP contribution is 2.55. The Morgan fingerprint density at radius 3 is 2.79 bits per heavy atom. The van der Waals surface area contributed by atoms with Gasteiger partial charge in [0, 0.05) is 28.3 Å². The smallest absolute Gasteiger partial charge is 0.311 e. The van der Waals surface area contributed by atoms with Gasteiger partial charge in [0.2, 0.25) is 0 Å². The van der Waals surface area contributed by atoms with Gasteiger partial charge in [0.05, 0.1) is 12.1 Å². The van der Waals surface area contributed by atoms with Crippen LogP contribution in [0.25, 0.3) is 17.1 Å². The maximum Gasteiger partial charge on any atom is 0.311 e. The van der Waals surface area contributed by atoms with Crippen LogP contribution in [0.2, 0.25) is 0 Å². The summed E-state index contributed by atoms with van der Waals surface area (Å²) in [5, 5.41) is 11.0. The predicted molar refractivity (Wildman–Crippen MR) is 132 cm³/mol. The fourth-order valence-electron chi connectivity index (χ4n) is 3.99. The number of nitrogens with zero attached hydrogens (tertiary/aromatic N) is 4. The quantitative estimate of drug-likeness (QED) is 0.215. The summed E-state index contributed by atoms with van der Waals surface area (Å²) in [5.74, 6) is 0.164. The molecule has 174 valence electrons. The molecule has 0 radical (unpaired) electrons. The van der Waals surface area contributed by atoms with Crippen molar-refractivity contribution in [3.63, 3.8) is 0 Å². The second-order valence-corrected chi connectivity index (χ2v) is 10.5. The van der Waals surface area contributed by atoms with Crippen molar-refractivity contribution in [2.75, 3.05) is 20.6 Å². The molecule has 7 nitrogen and oxygen atoms in total. The SMILES string of the molecule is CCCCC(=O)Oc1cc(C=O)c2c(c1)[SH](c1ccc3c(nnn3CCN(C)C)c1C)C=C2. The molecule has 0 aliphatic carbocycles. The van der Waals surface area contributed by atoms with Crippen LogP contribution in [0.3, 0.4) is 0 Å². The number of aryl methyl sites for hydroxylation is 1. The number of thiol groups is 1. The molecular weight excluding hydrogens is 436 g/mol. The second-order valence-electron chi connectivity index (χ2n) is 8.52. The highest BCUT2D eigenvalue weighted by atomic mass is 32.2. The number of aromatic nitrogens is 3. The Bertz CT molecular complexity index is 1230. The van der Waals surface area contributed by atoms with Gasteiger partial charge in [-0.15, -0.1) is 5.10 Å². The number of carbonyl (C=O) groups is 2. The van der Waals surface area contributed by atoms with Crippen LogP contribution in [0, 0.1) is 6.92 Å². The Balaban J connectivity index is 1.69. The van der Waals surface area contributed by atoms with E-state index in [2.05, 4.69) is 39.7 Å². The van der Waals surface area contributed by atoms with Gasteiger partial charge in [0.15, 0.2) is 6.29 Å². The van der Waals surface area contributed by atoms with Crippen molar-refractivity contribution in [1.82, 2.24) is 19.9 Å². The van der Waals surface area contributed by atoms with Crippen molar-refractivity contribution in [3.8, 4) is 5.75 Å². The topological polar surface area (TPSA) is 77.3 Å². The van der Waals surface area contributed by atoms with Crippen molar-refractivity contribution in [1.29, 1.82) is 0 Å². The van der Waals surface area contributed by atoms with Gasteiger partial charge in [-0.1, -0.05) is 18.6 Å². The molecule has 2 aromatic carbocycles. The Hall–Kier alpha value is -2.97. The van der Waals surface area contributed by atoms with E-state index < -0.39 is 10.9 Å². The molecule has 1 unspecified atom stereocenters. The maximum absolute atomic E-state index is 12.2. The normalized spacial score (nSPS) is 15.8. The van der Waals surface area contributed by atoms with Crippen molar-refractivity contribution >= 4 is 40.3 Å². The minimum Gasteiger partial charge on any atom is -0.426 e. The van der Waals surface area contributed by atoms with Gasteiger partial charge in [-0.3, -0.25) is 9.59 Å². The molecule has 33 heavy (non-hydrogen) atoms. The van der Waals surface area contributed by atoms with Gasteiger partial charge in [-0.05, 0) is 74.3 Å². The van der Waals surface area contributed by atoms with E-state index in [0.717, 1.165) is 59.3 Å². The van der Waals surface area contributed by atoms with Crippen LogP contribution in [0.4, 0.5) is 0 Å². The molecule has 1 aliphatic rings. The average Bonchev–Trinajstić information content (AvgIpc) is 3.40. The van der Waals surface area contributed by atoms with E-state index in [1.165, 1.54) is 4.90 Å². The molecule has 3 aromatic rings. The first-order valence-corrected chi connectivity index (χ1v) is 12.6. The number of rotatable bonds is 9. The molecule has 1 atom stereocenters. The highest BCUT2D eigenvalue weighted by Gasteiger charge is 2.23. The van der Waals surface area contributed by atoms with E-state index in [0.29, 0.717) is 17.7 Å². The number of hydrogen-bond donors (Lipinski definition) is 1. The molecule has 0 saturated carbocycles. The van der Waals surface area contributed by atoms with Crippen LogP contribution in [-0.4, -0.2) is 52.8 Å². The number of likely N-dealkylation sites (N-methyl/N-ethyl adjacent to an activating group) is 1. The van der Waals surface area contributed by atoms with Crippen LogP contribution in [-0.2, 0) is 11.3 Å². The molecule has 1 aliphatic heterocycles. The number of esters is 1. The van der Waals surface area contributed by atoms with Crippen molar-refractivity contribution in [2.45, 2.75) is 49.4 Å². The summed E-state index contributed by atoms with van der Waals surface area (Å²) in [4.78, 5) is 28.3. The molecule has 1 aromatic heterocycles. The minimum atomic E-state index is -0.849. The van der Waals surface area contributed by atoms with Gasteiger partial charge >= 0.3 is 5.97 Å². The zero-order valence-electron chi connectivity index (χ0n) is 19.5. The fraction of sp³-hybridized carbons (Fsp3) is 0.360. The lowest BCUT2D eigenvalue weighted by atomic mass is 10.1.